The van der Waals surface area contributed by atoms with Gasteiger partial charge >= 0.3 is 0 Å². The summed E-state index contributed by atoms with van der Waals surface area (Å²) in [5.74, 6) is 1.14. The van der Waals surface area contributed by atoms with Gasteiger partial charge in [0.2, 0.25) is 0 Å². The van der Waals surface area contributed by atoms with E-state index in [1.807, 2.05) is 41.6 Å². The zero-order valence-corrected chi connectivity index (χ0v) is 12.0. The van der Waals surface area contributed by atoms with E-state index in [9.17, 15) is 5.11 Å². The van der Waals surface area contributed by atoms with Gasteiger partial charge in [-0.25, -0.2) is 9.67 Å². The largest absolute Gasteiger partial charge is 0.388 e. The van der Waals surface area contributed by atoms with Gasteiger partial charge in [-0.2, -0.15) is 5.10 Å². The van der Waals surface area contributed by atoms with Gasteiger partial charge in [0.1, 0.15) is 12.2 Å². The molecule has 1 atom stereocenters. The number of aromatic nitrogens is 4. The normalized spacial score (nSPS) is 13.4. The molecule has 0 aromatic carbocycles. The van der Waals surface area contributed by atoms with Crippen LogP contribution in [0.25, 0.3) is 0 Å². The highest BCUT2D eigenvalue weighted by Gasteiger charge is 2.14. The van der Waals surface area contributed by atoms with Crippen molar-refractivity contribution in [2.75, 3.05) is 0 Å². The van der Waals surface area contributed by atoms with Crippen LogP contribution < -0.4 is 0 Å². The van der Waals surface area contributed by atoms with Crippen LogP contribution in [0.4, 0.5) is 0 Å². The van der Waals surface area contributed by atoms with Crippen molar-refractivity contribution in [3.63, 3.8) is 0 Å². The second-order valence-electron chi connectivity index (χ2n) is 5.52. The zero-order valence-electron chi connectivity index (χ0n) is 12.0. The van der Waals surface area contributed by atoms with Crippen LogP contribution in [0.5, 0.6) is 0 Å². The molecular weight excluding hydrogens is 240 g/mol. The van der Waals surface area contributed by atoms with Gasteiger partial charge in [0, 0.05) is 18.4 Å². The second-order valence-corrected chi connectivity index (χ2v) is 5.52. The summed E-state index contributed by atoms with van der Waals surface area (Å²) >= 11 is 0. The number of aliphatic hydroxyl groups excluding tert-OH is 1. The van der Waals surface area contributed by atoms with E-state index in [0.717, 1.165) is 11.4 Å². The van der Waals surface area contributed by atoms with Crippen LogP contribution in [-0.4, -0.2) is 24.4 Å². The molecule has 2 heterocycles. The first-order chi connectivity index (χ1) is 8.99. The molecule has 1 N–H and O–H groups in total. The maximum Gasteiger partial charge on any atom is 0.147 e. The lowest BCUT2D eigenvalue weighted by molar-refractivity contribution is 0.127. The Morgan fingerprint density at radius 3 is 2.63 bits per heavy atom. The molecule has 0 spiro atoms. The van der Waals surface area contributed by atoms with Crippen molar-refractivity contribution in [1.29, 1.82) is 0 Å². The van der Waals surface area contributed by atoms with Crippen LogP contribution >= 0.6 is 0 Å². The van der Waals surface area contributed by atoms with Gasteiger partial charge in [0.25, 0.3) is 0 Å². The predicted molar refractivity (Wildman–Crippen MR) is 73.7 cm³/mol. The lowest BCUT2D eigenvalue weighted by Gasteiger charge is -2.12. The summed E-state index contributed by atoms with van der Waals surface area (Å²) in [6.45, 7) is 8.86. The van der Waals surface area contributed by atoms with Crippen molar-refractivity contribution < 1.29 is 5.11 Å². The lowest BCUT2D eigenvalue weighted by Crippen LogP contribution is -2.11. The molecule has 0 aliphatic carbocycles. The van der Waals surface area contributed by atoms with E-state index in [4.69, 9.17) is 0 Å². The van der Waals surface area contributed by atoms with Gasteiger partial charge in [-0.1, -0.05) is 13.8 Å². The molecule has 0 amide bonds. The highest BCUT2D eigenvalue weighted by atomic mass is 16.3. The quantitative estimate of drug-likeness (QED) is 0.900. The summed E-state index contributed by atoms with van der Waals surface area (Å²) in [4.78, 5) is 4.29. The third kappa shape index (κ3) is 3.04. The monoisotopic (exact) mass is 262 g/mol. The van der Waals surface area contributed by atoms with Crippen molar-refractivity contribution in [2.24, 2.45) is 5.92 Å². The maximum atomic E-state index is 10.0. The van der Waals surface area contributed by atoms with Crippen molar-refractivity contribution >= 4 is 0 Å². The van der Waals surface area contributed by atoms with Gasteiger partial charge in [-0.15, -0.1) is 0 Å². The average Bonchev–Trinajstić information content (AvgIpc) is 2.97. The van der Waals surface area contributed by atoms with Crippen molar-refractivity contribution in [1.82, 2.24) is 19.3 Å². The van der Waals surface area contributed by atoms with Crippen LogP contribution in [0.2, 0.25) is 0 Å². The summed E-state index contributed by atoms with van der Waals surface area (Å²) < 4.78 is 3.95. The number of aliphatic hydroxyl groups is 1. The van der Waals surface area contributed by atoms with Gasteiger partial charge in [0.05, 0.1) is 12.6 Å². The molecule has 104 valence electrons. The summed E-state index contributed by atoms with van der Waals surface area (Å²) in [5.41, 5.74) is 0.950. The lowest BCUT2D eigenvalue weighted by atomic mass is 10.0. The molecule has 2 rings (SSSR count). The molecule has 5 nitrogen and oxygen atoms in total. The first-order valence-electron chi connectivity index (χ1n) is 6.71. The van der Waals surface area contributed by atoms with Gasteiger partial charge in [-0.05, 0) is 31.4 Å². The fraction of sp³-hybridized carbons (Fsp3) is 0.571. The molecule has 0 bridgehead atoms. The third-order valence-electron chi connectivity index (χ3n) is 3.21. The topological polar surface area (TPSA) is 55.9 Å². The number of nitrogens with zero attached hydrogens (tertiary/aromatic N) is 4. The minimum Gasteiger partial charge on any atom is -0.388 e. The molecule has 0 aliphatic rings. The molecule has 0 saturated heterocycles. The Hall–Kier alpha value is -1.62. The number of hydrogen-bond acceptors (Lipinski definition) is 3. The van der Waals surface area contributed by atoms with Crippen LogP contribution in [0.1, 0.15) is 51.2 Å². The predicted octanol–water partition coefficient (Wildman–Crippen LogP) is 2.40. The van der Waals surface area contributed by atoms with E-state index in [2.05, 4.69) is 23.9 Å². The Morgan fingerprint density at radius 2 is 2.00 bits per heavy atom. The molecule has 0 radical (unpaired) electrons. The van der Waals surface area contributed by atoms with Crippen molar-refractivity contribution in [3.8, 4) is 0 Å². The first-order valence-corrected chi connectivity index (χ1v) is 6.71. The van der Waals surface area contributed by atoms with E-state index in [-0.39, 0.29) is 5.92 Å². The SMILES string of the molecule is CC(C)C(O)c1ccn(Cc2ncnn2C(C)C)c1. The fourth-order valence-corrected chi connectivity index (χ4v) is 2.10. The Morgan fingerprint density at radius 1 is 1.26 bits per heavy atom. The molecule has 19 heavy (non-hydrogen) atoms. The number of rotatable bonds is 5. The Labute approximate surface area is 113 Å². The highest BCUT2D eigenvalue weighted by Crippen LogP contribution is 2.21. The second kappa shape index (κ2) is 5.57. The maximum absolute atomic E-state index is 10.0. The van der Waals surface area contributed by atoms with Crippen LogP contribution in [0.15, 0.2) is 24.8 Å². The average molecular weight is 262 g/mol. The number of hydrogen-bond donors (Lipinski definition) is 1. The molecule has 2 aromatic heterocycles. The van der Waals surface area contributed by atoms with Gasteiger partial charge < -0.3 is 9.67 Å². The van der Waals surface area contributed by atoms with E-state index < -0.39 is 6.10 Å². The minimum atomic E-state index is -0.413. The summed E-state index contributed by atoms with van der Waals surface area (Å²) in [6.07, 6.45) is 5.12. The van der Waals surface area contributed by atoms with Crippen LogP contribution in [0.3, 0.4) is 0 Å². The summed E-state index contributed by atoms with van der Waals surface area (Å²) in [5, 5.41) is 14.3. The molecule has 0 saturated carbocycles. The molecular formula is C14H22N4O. The zero-order chi connectivity index (χ0) is 14.0. The molecule has 0 aliphatic heterocycles. The minimum absolute atomic E-state index is 0.218. The van der Waals surface area contributed by atoms with Crippen LogP contribution in [-0.2, 0) is 6.54 Å². The molecule has 2 aromatic rings. The molecule has 0 fully saturated rings. The van der Waals surface area contributed by atoms with Gasteiger partial charge in [0.15, 0.2) is 0 Å². The fourth-order valence-electron chi connectivity index (χ4n) is 2.10. The van der Waals surface area contributed by atoms with Gasteiger partial charge in [-0.3, -0.25) is 0 Å². The summed E-state index contributed by atoms with van der Waals surface area (Å²) in [6, 6.07) is 2.26. The molecule has 5 heteroatoms. The Balaban J connectivity index is 2.14. The van der Waals surface area contributed by atoms with Crippen molar-refractivity contribution in [3.05, 3.63) is 36.2 Å². The van der Waals surface area contributed by atoms with E-state index in [1.54, 1.807) is 6.33 Å². The standard InChI is InChI=1S/C14H22N4O/c1-10(2)14(19)12-5-6-17(7-12)8-13-15-9-16-18(13)11(3)4/h5-7,9-11,14,19H,8H2,1-4H3. The summed E-state index contributed by atoms with van der Waals surface area (Å²) in [7, 11) is 0. The Kier molecular flexibility index (Phi) is 4.04. The smallest absolute Gasteiger partial charge is 0.147 e. The first kappa shape index (κ1) is 13.8. The van der Waals surface area contributed by atoms with E-state index in [0.29, 0.717) is 12.6 Å². The Bertz CT molecular complexity index is 527. The van der Waals surface area contributed by atoms with E-state index >= 15 is 0 Å². The third-order valence-corrected chi connectivity index (χ3v) is 3.21. The van der Waals surface area contributed by atoms with Crippen molar-refractivity contribution in [2.45, 2.75) is 46.4 Å². The van der Waals surface area contributed by atoms with E-state index in [1.165, 1.54) is 0 Å². The van der Waals surface area contributed by atoms with Crippen LogP contribution in [0, 0.1) is 5.92 Å². The molecule has 1 unspecified atom stereocenters. The highest BCUT2D eigenvalue weighted by molar-refractivity contribution is 5.14.